The highest BCUT2D eigenvalue weighted by Gasteiger charge is 2.33. The number of carbonyl (C=O) groups excluding carboxylic acids is 2. The molecule has 1 fully saturated rings. The van der Waals surface area contributed by atoms with Crippen LogP contribution in [0, 0.1) is 5.92 Å². The fourth-order valence-electron chi connectivity index (χ4n) is 3.71. The minimum atomic E-state index is 0.0225. The molecule has 0 bridgehead atoms. The van der Waals surface area contributed by atoms with Gasteiger partial charge in [0, 0.05) is 36.1 Å². The van der Waals surface area contributed by atoms with Crippen molar-refractivity contribution in [3.8, 4) is 0 Å². The zero-order valence-electron chi connectivity index (χ0n) is 14.7. The van der Waals surface area contributed by atoms with Crippen LogP contribution in [0.2, 0.25) is 5.02 Å². The van der Waals surface area contributed by atoms with Crippen LogP contribution in [0.3, 0.4) is 0 Å². The zero-order chi connectivity index (χ0) is 17.8. The summed E-state index contributed by atoms with van der Waals surface area (Å²) in [5.74, 6) is 0.310. The van der Waals surface area contributed by atoms with Gasteiger partial charge in [0.15, 0.2) is 0 Å². The van der Waals surface area contributed by atoms with Crippen LogP contribution in [0.25, 0.3) is 0 Å². The first-order valence-electron chi connectivity index (χ1n) is 9.12. The van der Waals surface area contributed by atoms with E-state index in [0.29, 0.717) is 23.7 Å². The molecule has 0 radical (unpaired) electrons. The van der Waals surface area contributed by atoms with Gasteiger partial charge in [0.25, 0.3) is 5.91 Å². The van der Waals surface area contributed by atoms with E-state index in [1.54, 1.807) is 24.3 Å². The van der Waals surface area contributed by atoms with E-state index in [2.05, 4.69) is 19.1 Å². The Labute approximate surface area is 154 Å². The molecule has 3 rings (SSSR count). The van der Waals surface area contributed by atoms with Crippen LogP contribution in [-0.4, -0.2) is 47.3 Å². The Morgan fingerprint density at radius 2 is 1.84 bits per heavy atom. The molecule has 0 saturated carbocycles. The van der Waals surface area contributed by atoms with Gasteiger partial charge in [-0.15, -0.1) is 0 Å². The lowest BCUT2D eigenvalue weighted by Crippen LogP contribution is -2.46. The van der Waals surface area contributed by atoms with Crippen molar-refractivity contribution in [2.45, 2.75) is 38.6 Å². The van der Waals surface area contributed by atoms with E-state index in [4.69, 9.17) is 11.6 Å². The van der Waals surface area contributed by atoms with Crippen molar-refractivity contribution in [2.75, 3.05) is 19.6 Å². The number of rotatable bonds is 4. The van der Waals surface area contributed by atoms with Crippen LogP contribution in [-0.2, 0) is 4.79 Å². The fraction of sp³-hybridized carbons (Fsp3) is 0.500. The van der Waals surface area contributed by atoms with Crippen molar-refractivity contribution in [3.05, 3.63) is 47.0 Å². The second-order valence-electron chi connectivity index (χ2n) is 6.85. The quantitative estimate of drug-likeness (QED) is 0.767. The van der Waals surface area contributed by atoms with Gasteiger partial charge in [0.2, 0.25) is 5.91 Å². The van der Waals surface area contributed by atoms with Crippen LogP contribution in [0.15, 0.2) is 36.4 Å². The van der Waals surface area contributed by atoms with Gasteiger partial charge in [-0.1, -0.05) is 37.1 Å². The Kier molecular flexibility index (Phi) is 5.79. The maximum absolute atomic E-state index is 12.8. The van der Waals surface area contributed by atoms with E-state index in [0.717, 1.165) is 32.2 Å². The van der Waals surface area contributed by atoms with Gasteiger partial charge in [-0.2, -0.15) is 0 Å². The van der Waals surface area contributed by atoms with E-state index < -0.39 is 0 Å². The molecular formula is C20H25ClN2O2. The van der Waals surface area contributed by atoms with Gasteiger partial charge >= 0.3 is 0 Å². The summed E-state index contributed by atoms with van der Waals surface area (Å²) in [6.07, 6.45) is 7.84. The smallest absolute Gasteiger partial charge is 0.253 e. The van der Waals surface area contributed by atoms with Gasteiger partial charge in [-0.25, -0.2) is 0 Å². The molecule has 1 aromatic carbocycles. The lowest BCUT2D eigenvalue weighted by molar-refractivity contribution is -0.137. The van der Waals surface area contributed by atoms with Crippen molar-refractivity contribution in [1.29, 1.82) is 0 Å². The topological polar surface area (TPSA) is 40.6 Å². The molecule has 1 aromatic rings. The molecule has 1 atom stereocenters. The number of hydrogen-bond acceptors (Lipinski definition) is 2. The van der Waals surface area contributed by atoms with Gasteiger partial charge in [-0.05, 0) is 43.5 Å². The van der Waals surface area contributed by atoms with E-state index in [1.165, 1.54) is 0 Å². The Morgan fingerprint density at radius 1 is 1.16 bits per heavy atom. The molecule has 25 heavy (non-hydrogen) atoms. The lowest BCUT2D eigenvalue weighted by atomic mass is 9.94. The van der Waals surface area contributed by atoms with Crippen molar-refractivity contribution < 1.29 is 9.59 Å². The maximum Gasteiger partial charge on any atom is 0.253 e. The van der Waals surface area contributed by atoms with Crippen molar-refractivity contribution in [1.82, 2.24) is 9.80 Å². The molecule has 2 aliphatic rings. The van der Waals surface area contributed by atoms with Gasteiger partial charge in [0.05, 0.1) is 6.04 Å². The van der Waals surface area contributed by atoms with Gasteiger partial charge in [0.1, 0.15) is 0 Å². The lowest BCUT2D eigenvalue weighted by Gasteiger charge is -2.35. The molecule has 2 aliphatic heterocycles. The van der Waals surface area contributed by atoms with E-state index in [-0.39, 0.29) is 23.8 Å². The van der Waals surface area contributed by atoms with E-state index in [1.807, 2.05) is 9.80 Å². The summed E-state index contributed by atoms with van der Waals surface area (Å²) >= 11 is 5.88. The SMILES string of the molecule is CCC[C@H]1C=CCN1C(=O)C1CCN(C(=O)c2ccc(Cl)cc2)CC1. The number of benzene rings is 1. The maximum atomic E-state index is 12.8. The highest BCUT2D eigenvalue weighted by Crippen LogP contribution is 2.25. The molecule has 2 amide bonds. The third kappa shape index (κ3) is 4.06. The number of amides is 2. The number of hydrogen-bond donors (Lipinski definition) is 0. The highest BCUT2D eigenvalue weighted by atomic mass is 35.5. The Balaban J connectivity index is 1.55. The average Bonchev–Trinajstić information content (AvgIpc) is 3.10. The largest absolute Gasteiger partial charge is 0.339 e. The summed E-state index contributed by atoms with van der Waals surface area (Å²) in [5.41, 5.74) is 0.654. The number of nitrogens with zero attached hydrogens (tertiary/aromatic N) is 2. The first-order valence-corrected chi connectivity index (χ1v) is 9.50. The molecule has 134 valence electrons. The molecule has 0 spiro atoms. The van der Waals surface area contributed by atoms with Gasteiger partial charge < -0.3 is 9.80 Å². The summed E-state index contributed by atoms with van der Waals surface area (Å²) < 4.78 is 0. The Bertz CT molecular complexity index is 648. The molecule has 2 heterocycles. The minimum Gasteiger partial charge on any atom is -0.339 e. The predicted octanol–water partition coefficient (Wildman–Crippen LogP) is 3.76. The average molecular weight is 361 g/mol. The van der Waals surface area contributed by atoms with Crippen LogP contribution < -0.4 is 0 Å². The van der Waals surface area contributed by atoms with Crippen LogP contribution in [0.1, 0.15) is 43.0 Å². The Hall–Kier alpha value is -1.81. The van der Waals surface area contributed by atoms with E-state index in [9.17, 15) is 9.59 Å². The Morgan fingerprint density at radius 3 is 2.48 bits per heavy atom. The number of likely N-dealkylation sites (tertiary alicyclic amines) is 1. The molecule has 0 aliphatic carbocycles. The summed E-state index contributed by atoms with van der Waals surface area (Å²) in [7, 11) is 0. The number of piperidine rings is 1. The summed E-state index contributed by atoms with van der Waals surface area (Å²) in [4.78, 5) is 29.2. The fourth-order valence-corrected chi connectivity index (χ4v) is 3.84. The molecule has 0 unspecified atom stereocenters. The predicted molar refractivity (Wildman–Crippen MR) is 99.6 cm³/mol. The number of carbonyl (C=O) groups is 2. The standard InChI is InChI=1S/C20H25ClN2O2/c1-2-4-18-5-3-12-23(18)20(25)16-10-13-22(14-11-16)19(24)15-6-8-17(21)9-7-15/h3,5-9,16,18H,2,4,10-14H2,1H3/t18-/m0/s1. The van der Waals surface area contributed by atoms with Crippen molar-refractivity contribution >= 4 is 23.4 Å². The zero-order valence-corrected chi connectivity index (χ0v) is 15.4. The number of halogens is 1. The second kappa shape index (κ2) is 8.05. The molecule has 0 N–H and O–H groups in total. The van der Waals surface area contributed by atoms with Gasteiger partial charge in [-0.3, -0.25) is 9.59 Å². The molecule has 4 nitrogen and oxygen atoms in total. The molecule has 0 aromatic heterocycles. The van der Waals surface area contributed by atoms with E-state index >= 15 is 0 Å². The molecule has 5 heteroatoms. The summed E-state index contributed by atoms with van der Waals surface area (Å²) in [6.45, 7) is 4.15. The molecule has 1 saturated heterocycles. The third-order valence-electron chi connectivity index (χ3n) is 5.15. The van der Waals surface area contributed by atoms with Crippen LogP contribution in [0.5, 0.6) is 0 Å². The van der Waals surface area contributed by atoms with Crippen LogP contribution >= 0.6 is 11.6 Å². The summed E-state index contributed by atoms with van der Waals surface area (Å²) in [6, 6.07) is 7.24. The molecular weight excluding hydrogens is 336 g/mol. The first-order chi connectivity index (χ1) is 12.1. The first kappa shape index (κ1) is 18.0. The highest BCUT2D eigenvalue weighted by molar-refractivity contribution is 6.30. The summed E-state index contributed by atoms with van der Waals surface area (Å²) in [5, 5.41) is 0.627. The van der Waals surface area contributed by atoms with Crippen molar-refractivity contribution in [2.24, 2.45) is 5.92 Å². The normalized spacial score (nSPS) is 21.0. The third-order valence-corrected chi connectivity index (χ3v) is 5.40. The minimum absolute atomic E-state index is 0.0225. The van der Waals surface area contributed by atoms with Crippen molar-refractivity contribution in [3.63, 3.8) is 0 Å². The monoisotopic (exact) mass is 360 g/mol. The van der Waals surface area contributed by atoms with Crippen LogP contribution in [0.4, 0.5) is 0 Å². The second-order valence-corrected chi connectivity index (χ2v) is 7.28.